The molecule has 26 heavy (non-hydrogen) atoms. The molecule has 0 bridgehead atoms. The van der Waals surface area contributed by atoms with Gasteiger partial charge in [0.2, 0.25) is 0 Å². The van der Waals surface area contributed by atoms with Crippen molar-refractivity contribution in [2.45, 2.75) is 33.3 Å². The normalized spacial score (nSPS) is 15.1. The standard InChI is InChI=1S/C20H26N4O2/c1-15-6-5-7-16(14-15)17-18(22-9-8-21-17)23-10-12-24(13-11-23)19(25)26-20(2,3)4/h5-9,14H,10-13H2,1-4H3. The van der Waals surface area contributed by atoms with E-state index in [0.717, 1.165) is 17.1 Å². The third-order valence-corrected chi connectivity index (χ3v) is 4.20. The Bertz CT molecular complexity index is 777. The van der Waals surface area contributed by atoms with Crippen molar-refractivity contribution in [1.29, 1.82) is 0 Å². The highest BCUT2D eigenvalue weighted by molar-refractivity contribution is 5.73. The number of anilines is 1. The fourth-order valence-corrected chi connectivity index (χ4v) is 2.99. The minimum absolute atomic E-state index is 0.254. The van der Waals surface area contributed by atoms with Crippen LogP contribution in [0.3, 0.4) is 0 Å². The lowest BCUT2D eigenvalue weighted by Crippen LogP contribution is -2.50. The number of nitrogens with zero attached hydrogens (tertiary/aromatic N) is 4. The van der Waals surface area contributed by atoms with Crippen LogP contribution in [0, 0.1) is 6.92 Å². The van der Waals surface area contributed by atoms with Crippen molar-refractivity contribution in [3.05, 3.63) is 42.2 Å². The smallest absolute Gasteiger partial charge is 0.410 e. The maximum absolute atomic E-state index is 12.2. The van der Waals surface area contributed by atoms with Crippen molar-refractivity contribution in [1.82, 2.24) is 14.9 Å². The largest absolute Gasteiger partial charge is 0.444 e. The average molecular weight is 354 g/mol. The third-order valence-electron chi connectivity index (χ3n) is 4.20. The second-order valence-corrected chi connectivity index (χ2v) is 7.55. The van der Waals surface area contributed by atoms with E-state index < -0.39 is 5.60 Å². The van der Waals surface area contributed by atoms with E-state index in [0.29, 0.717) is 26.2 Å². The van der Waals surface area contributed by atoms with Crippen molar-refractivity contribution in [3.8, 4) is 11.3 Å². The molecule has 6 nitrogen and oxygen atoms in total. The topological polar surface area (TPSA) is 58.6 Å². The molecule has 0 N–H and O–H groups in total. The lowest BCUT2D eigenvalue weighted by Gasteiger charge is -2.36. The van der Waals surface area contributed by atoms with Gasteiger partial charge in [-0.2, -0.15) is 0 Å². The lowest BCUT2D eigenvalue weighted by atomic mass is 10.1. The Kier molecular flexibility index (Phi) is 5.11. The number of piperazine rings is 1. The van der Waals surface area contributed by atoms with E-state index in [9.17, 15) is 4.79 Å². The molecule has 2 heterocycles. The summed E-state index contributed by atoms with van der Waals surface area (Å²) in [5, 5.41) is 0. The summed E-state index contributed by atoms with van der Waals surface area (Å²) in [6, 6.07) is 8.27. The van der Waals surface area contributed by atoms with E-state index >= 15 is 0 Å². The molecule has 1 aromatic carbocycles. The van der Waals surface area contributed by atoms with Gasteiger partial charge in [-0.25, -0.2) is 9.78 Å². The molecule has 1 aromatic heterocycles. The molecule has 138 valence electrons. The Labute approximate surface area is 154 Å². The first-order valence-corrected chi connectivity index (χ1v) is 8.94. The maximum atomic E-state index is 12.2. The van der Waals surface area contributed by atoms with Gasteiger partial charge in [0, 0.05) is 44.1 Å². The van der Waals surface area contributed by atoms with E-state index in [1.165, 1.54) is 5.56 Å². The monoisotopic (exact) mass is 354 g/mol. The molecule has 1 fully saturated rings. The number of carbonyl (C=O) groups is 1. The van der Waals surface area contributed by atoms with Crippen LogP contribution in [0.2, 0.25) is 0 Å². The molecule has 1 amide bonds. The summed E-state index contributed by atoms with van der Waals surface area (Å²) >= 11 is 0. The molecule has 0 aliphatic carbocycles. The number of hydrogen-bond acceptors (Lipinski definition) is 5. The molecule has 1 saturated heterocycles. The molecule has 0 saturated carbocycles. The molecular formula is C20H26N4O2. The van der Waals surface area contributed by atoms with Crippen LogP contribution in [0.5, 0.6) is 0 Å². The van der Waals surface area contributed by atoms with Gasteiger partial charge in [0.05, 0.1) is 0 Å². The minimum Gasteiger partial charge on any atom is -0.444 e. The number of benzene rings is 1. The van der Waals surface area contributed by atoms with Gasteiger partial charge < -0.3 is 14.5 Å². The molecule has 0 unspecified atom stereocenters. The van der Waals surface area contributed by atoms with Crippen LogP contribution >= 0.6 is 0 Å². The second kappa shape index (κ2) is 7.32. The first kappa shape index (κ1) is 18.2. The number of carbonyl (C=O) groups excluding carboxylic acids is 1. The average Bonchev–Trinajstić information content (AvgIpc) is 2.60. The van der Waals surface area contributed by atoms with Gasteiger partial charge in [-0.15, -0.1) is 0 Å². The summed E-state index contributed by atoms with van der Waals surface area (Å²) in [5.41, 5.74) is 2.65. The summed E-state index contributed by atoms with van der Waals surface area (Å²) in [6.07, 6.45) is 3.18. The van der Waals surface area contributed by atoms with Crippen molar-refractivity contribution < 1.29 is 9.53 Å². The number of hydrogen-bond donors (Lipinski definition) is 0. The highest BCUT2D eigenvalue weighted by atomic mass is 16.6. The Morgan fingerprint density at radius 2 is 1.77 bits per heavy atom. The molecule has 1 aliphatic rings. The van der Waals surface area contributed by atoms with Gasteiger partial charge in [-0.1, -0.05) is 23.8 Å². The lowest BCUT2D eigenvalue weighted by molar-refractivity contribution is 0.0240. The van der Waals surface area contributed by atoms with Crippen LogP contribution < -0.4 is 4.90 Å². The number of aryl methyl sites for hydroxylation is 1. The molecule has 3 rings (SSSR count). The van der Waals surface area contributed by atoms with Gasteiger partial charge in [-0.05, 0) is 33.8 Å². The van der Waals surface area contributed by atoms with Gasteiger partial charge >= 0.3 is 6.09 Å². The van der Waals surface area contributed by atoms with E-state index in [1.807, 2.05) is 26.8 Å². The number of aromatic nitrogens is 2. The van der Waals surface area contributed by atoms with Crippen molar-refractivity contribution in [2.75, 3.05) is 31.1 Å². The summed E-state index contributed by atoms with van der Waals surface area (Å²) in [6.45, 7) is 10.3. The van der Waals surface area contributed by atoms with Crippen LogP contribution in [0.15, 0.2) is 36.7 Å². The molecule has 6 heteroatoms. The van der Waals surface area contributed by atoms with Crippen LogP contribution in [0.25, 0.3) is 11.3 Å². The van der Waals surface area contributed by atoms with Gasteiger partial charge in [-0.3, -0.25) is 4.98 Å². The fourth-order valence-electron chi connectivity index (χ4n) is 2.99. The number of amides is 1. The Morgan fingerprint density at radius 1 is 1.08 bits per heavy atom. The quantitative estimate of drug-likeness (QED) is 0.826. The molecule has 2 aromatic rings. The van der Waals surface area contributed by atoms with Gasteiger partial charge in [0.1, 0.15) is 11.3 Å². The van der Waals surface area contributed by atoms with Crippen LogP contribution in [0.4, 0.5) is 10.6 Å². The molecule has 0 radical (unpaired) electrons. The summed E-state index contributed by atoms with van der Waals surface area (Å²) < 4.78 is 5.46. The third kappa shape index (κ3) is 4.31. The zero-order chi connectivity index (χ0) is 18.7. The maximum Gasteiger partial charge on any atom is 0.410 e. The summed E-state index contributed by atoms with van der Waals surface area (Å²) in [5.74, 6) is 0.863. The van der Waals surface area contributed by atoms with E-state index in [-0.39, 0.29) is 6.09 Å². The second-order valence-electron chi connectivity index (χ2n) is 7.55. The highest BCUT2D eigenvalue weighted by Crippen LogP contribution is 2.28. The molecule has 1 aliphatic heterocycles. The number of rotatable bonds is 2. The van der Waals surface area contributed by atoms with Crippen LogP contribution in [-0.2, 0) is 4.74 Å². The van der Waals surface area contributed by atoms with Crippen LogP contribution in [0.1, 0.15) is 26.3 Å². The van der Waals surface area contributed by atoms with Crippen molar-refractivity contribution in [2.24, 2.45) is 0 Å². The minimum atomic E-state index is -0.475. The van der Waals surface area contributed by atoms with E-state index in [4.69, 9.17) is 4.74 Å². The first-order valence-electron chi connectivity index (χ1n) is 8.94. The molecular weight excluding hydrogens is 328 g/mol. The van der Waals surface area contributed by atoms with Crippen molar-refractivity contribution in [3.63, 3.8) is 0 Å². The summed E-state index contributed by atoms with van der Waals surface area (Å²) in [4.78, 5) is 25.3. The van der Waals surface area contributed by atoms with E-state index in [2.05, 4.69) is 40.0 Å². The predicted molar refractivity (Wildman–Crippen MR) is 102 cm³/mol. The summed E-state index contributed by atoms with van der Waals surface area (Å²) in [7, 11) is 0. The Morgan fingerprint density at radius 3 is 2.42 bits per heavy atom. The van der Waals surface area contributed by atoms with Crippen LogP contribution in [-0.4, -0.2) is 52.7 Å². The van der Waals surface area contributed by atoms with Gasteiger partial charge in [0.15, 0.2) is 5.82 Å². The highest BCUT2D eigenvalue weighted by Gasteiger charge is 2.27. The first-order chi connectivity index (χ1) is 12.3. The fraction of sp³-hybridized carbons (Fsp3) is 0.450. The van der Waals surface area contributed by atoms with Gasteiger partial charge in [0.25, 0.3) is 0 Å². The predicted octanol–water partition coefficient (Wildman–Crippen LogP) is 3.51. The van der Waals surface area contributed by atoms with Crippen molar-refractivity contribution >= 4 is 11.9 Å². The SMILES string of the molecule is Cc1cccc(-c2nccnc2N2CCN(C(=O)OC(C)(C)C)CC2)c1. The molecule has 0 atom stereocenters. The zero-order valence-corrected chi connectivity index (χ0v) is 15.9. The van der Waals surface area contributed by atoms with E-state index in [1.54, 1.807) is 17.3 Å². The molecule has 0 spiro atoms. The number of ether oxygens (including phenoxy) is 1. The zero-order valence-electron chi connectivity index (χ0n) is 15.9. The Balaban J connectivity index is 1.74. The Hall–Kier alpha value is -2.63.